The Labute approximate surface area is 68.5 Å². The van der Waals surface area contributed by atoms with Crippen molar-refractivity contribution in [3.63, 3.8) is 0 Å². The van der Waals surface area contributed by atoms with E-state index in [4.69, 9.17) is 4.74 Å². The van der Waals surface area contributed by atoms with Crippen molar-refractivity contribution in [1.82, 2.24) is 4.90 Å². The molecule has 2 heteroatoms. The number of likely N-dealkylation sites (tertiary alicyclic amines) is 1. The van der Waals surface area contributed by atoms with Crippen molar-refractivity contribution in [3.8, 4) is 0 Å². The molecule has 0 unspecified atom stereocenters. The Balaban J connectivity index is 1.63. The Kier molecular flexibility index (Phi) is 1.90. The van der Waals surface area contributed by atoms with Crippen LogP contribution in [0.4, 0.5) is 0 Å². The molecule has 0 spiro atoms. The molecule has 11 heavy (non-hydrogen) atoms. The SMILES string of the molecule is CC(C)OC1CN(C2CC2)C1. The molecule has 0 bridgehead atoms. The van der Waals surface area contributed by atoms with Crippen molar-refractivity contribution >= 4 is 0 Å². The Morgan fingerprint density at radius 1 is 1.27 bits per heavy atom. The van der Waals surface area contributed by atoms with E-state index in [0.29, 0.717) is 12.2 Å². The van der Waals surface area contributed by atoms with Crippen molar-refractivity contribution in [2.24, 2.45) is 0 Å². The third-order valence-electron chi connectivity index (χ3n) is 2.40. The summed E-state index contributed by atoms with van der Waals surface area (Å²) in [7, 11) is 0. The fraction of sp³-hybridized carbons (Fsp3) is 1.00. The van der Waals surface area contributed by atoms with Crippen molar-refractivity contribution in [2.45, 2.75) is 44.9 Å². The van der Waals surface area contributed by atoms with Crippen molar-refractivity contribution in [1.29, 1.82) is 0 Å². The van der Waals surface area contributed by atoms with Gasteiger partial charge in [0.15, 0.2) is 0 Å². The molecule has 0 amide bonds. The highest BCUT2D eigenvalue weighted by atomic mass is 16.5. The summed E-state index contributed by atoms with van der Waals surface area (Å²) in [5.74, 6) is 0. The van der Waals surface area contributed by atoms with E-state index in [2.05, 4.69) is 18.7 Å². The van der Waals surface area contributed by atoms with Gasteiger partial charge in [0, 0.05) is 19.1 Å². The van der Waals surface area contributed by atoms with E-state index >= 15 is 0 Å². The van der Waals surface area contributed by atoms with Gasteiger partial charge in [0.05, 0.1) is 12.2 Å². The lowest BCUT2D eigenvalue weighted by Crippen LogP contribution is -2.53. The Morgan fingerprint density at radius 3 is 2.36 bits per heavy atom. The van der Waals surface area contributed by atoms with E-state index in [1.54, 1.807) is 0 Å². The molecule has 1 saturated heterocycles. The summed E-state index contributed by atoms with van der Waals surface area (Å²) >= 11 is 0. The molecule has 2 fully saturated rings. The summed E-state index contributed by atoms with van der Waals surface area (Å²) in [6.07, 6.45) is 3.79. The fourth-order valence-electron chi connectivity index (χ4n) is 1.68. The van der Waals surface area contributed by atoms with Gasteiger partial charge < -0.3 is 4.74 Å². The van der Waals surface area contributed by atoms with Gasteiger partial charge in [-0.3, -0.25) is 4.90 Å². The van der Waals surface area contributed by atoms with E-state index in [0.717, 1.165) is 6.04 Å². The first-order valence-electron chi connectivity index (χ1n) is 4.65. The lowest BCUT2D eigenvalue weighted by molar-refractivity contribution is -0.0834. The monoisotopic (exact) mass is 155 g/mol. The summed E-state index contributed by atoms with van der Waals surface area (Å²) in [6, 6.07) is 0.932. The summed E-state index contributed by atoms with van der Waals surface area (Å²) in [5.41, 5.74) is 0. The molecule has 0 radical (unpaired) electrons. The van der Waals surface area contributed by atoms with Crippen LogP contribution in [-0.4, -0.2) is 36.2 Å². The Hall–Kier alpha value is -0.0800. The predicted molar refractivity (Wildman–Crippen MR) is 44.6 cm³/mol. The molecule has 0 aromatic carbocycles. The number of rotatable bonds is 3. The average Bonchev–Trinajstić information content (AvgIpc) is 2.58. The second-order valence-electron chi connectivity index (χ2n) is 3.99. The normalized spacial score (nSPS) is 27.5. The molecule has 1 heterocycles. The lowest BCUT2D eigenvalue weighted by atomic mass is 10.1. The molecule has 2 rings (SSSR count). The van der Waals surface area contributed by atoms with Crippen LogP contribution >= 0.6 is 0 Å². The molecule has 0 aromatic rings. The van der Waals surface area contributed by atoms with Crippen LogP contribution in [0.2, 0.25) is 0 Å². The van der Waals surface area contributed by atoms with Crippen LogP contribution in [0, 0.1) is 0 Å². The van der Waals surface area contributed by atoms with Crippen LogP contribution in [0.3, 0.4) is 0 Å². The van der Waals surface area contributed by atoms with Gasteiger partial charge in [-0.25, -0.2) is 0 Å². The molecule has 0 atom stereocenters. The van der Waals surface area contributed by atoms with Gasteiger partial charge in [-0.05, 0) is 26.7 Å². The minimum absolute atomic E-state index is 0.404. The second kappa shape index (κ2) is 2.76. The Bertz CT molecular complexity index is 136. The first-order chi connectivity index (χ1) is 5.25. The molecule has 64 valence electrons. The Morgan fingerprint density at radius 2 is 1.91 bits per heavy atom. The van der Waals surface area contributed by atoms with Crippen LogP contribution in [0.25, 0.3) is 0 Å². The van der Waals surface area contributed by atoms with Gasteiger partial charge in [0.1, 0.15) is 0 Å². The predicted octanol–water partition coefficient (Wildman–Crippen LogP) is 1.26. The van der Waals surface area contributed by atoms with Crippen molar-refractivity contribution < 1.29 is 4.74 Å². The highest BCUT2D eigenvalue weighted by Gasteiger charge is 2.38. The maximum atomic E-state index is 5.65. The largest absolute Gasteiger partial charge is 0.373 e. The van der Waals surface area contributed by atoms with Gasteiger partial charge in [0.2, 0.25) is 0 Å². The molecule has 0 N–H and O–H groups in total. The molecule has 2 aliphatic rings. The summed E-state index contributed by atoms with van der Waals surface area (Å²) in [5, 5.41) is 0. The van der Waals surface area contributed by atoms with Crippen LogP contribution < -0.4 is 0 Å². The van der Waals surface area contributed by atoms with Crippen LogP contribution in [0.5, 0.6) is 0 Å². The van der Waals surface area contributed by atoms with Crippen molar-refractivity contribution in [3.05, 3.63) is 0 Å². The molecule has 0 aromatic heterocycles. The molecule has 1 saturated carbocycles. The topological polar surface area (TPSA) is 12.5 Å². The molecule has 2 nitrogen and oxygen atoms in total. The van der Waals surface area contributed by atoms with Gasteiger partial charge in [-0.2, -0.15) is 0 Å². The maximum Gasteiger partial charge on any atom is 0.0832 e. The van der Waals surface area contributed by atoms with E-state index < -0.39 is 0 Å². The zero-order valence-corrected chi connectivity index (χ0v) is 7.42. The van der Waals surface area contributed by atoms with Crippen LogP contribution in [-0.2, 0) is 4.74 Å². The first kappa shape index (κ1) is 7.56. The van der Waals surface area contributed by atoms with Crippen molar-refractivity contribution in [2.75, 3.05) is 13.1 Å². The summed E-state index contributed by atoms with van der Waals surface area (Å²) in [4.78, 5) is 2.53. The van der Waals surface area contributed by atoms with Crippen LogP contribution in [0.15, 0.2) is 0 Å². The second-order valence-corrected chi connectivity index (χ2v) is 3.99. The van der Waals surface area contributed by atoms with Crippen LogP contribution in [0.1, 0.15) is 26.7 Å². The van der Waals surface area contributed by atoms with Gasteiger partial charge in [-0.1, -0.05) is 0 Å². The highest BCUT2D eigenvalue weighted by Crippen LogP contribution is 2.31. The summed E-state index contributed by atoms with van der Waals surface area (Å²) < 4.78 is 5.65. The number of hydrogen-bond acceptors (Lipinski definition) is 2. The molecule has 1 aliphatic carbocycles. The highest BCUT2D eigenvalue weighted by molar-refractivity contribution is 4.93. The quantitative estimate of drug-likeness (QED) is 0.608. The zero-order chi connectivity index (χ0) is 7.84. The number of hydrogen-bond donors (Lipinski definition) is 0. The summed E-state index contributed by atoms with van der Waals surface area (Å²) in [6.45, 7) is 6.59. The van der Waals surface area contributed by atoms with Gasteiger partial charge in [0.25, 0.3) is 0 Å². The maximum absolute atomic E-state index is 5.65. The molecular formula is C9H17NO. The first-order valence-corrected chi connectivity index (χ1v) is 4.65. The van der Waals surface area contributed by atoms with E-state index in [1.165, 1.54) is 25.9 Å². The minimum atomic E-state index is 0.404. The lowest BCUT2D eigenvalue weighted by Gasteiger charge is -2.40. The standard InChI is InChI=1S/C9H17NO/c1-7(2)11-9-5-10(6-9)8-3-4-8/h7-9H,3-6H2,1-2H3. The molecule has 1 aliphatic heterocycles. The average molecular weight is 155 g/mol. The molecular weight excluding hydrogens is 138 g/mol. The third-order valence-corrected chi connectivity index (χ3v) is 2.40. The third kappa shape index (κ3) is 1.74. The van der Waals surface area contributed by atoms with Gasteiger partial charge >= 0.3 is 0 Å². The van der Waals surface area contributed by atoms with E-state index in [1.807, 2.05) is 0 Å². The van der Waals surface area contributed by atoms with E-state index in [-0.39, 0.29) is 0 Å². The smallest absolute Gasteiger partial charge is 0.0832 e. The van der Waals surface area contributed by atoms with E-state index in [9.17, 15) is 0 Å². The fourth-order valence-corrected chi connectivity index (χ4v) is 1.68. The van der Waals surface area contributed by atoms with Gasteiger partial charge in [-0.15, -0.1) is 0 Å². The number of ether oxygens (including phenoxy) is 1. The minimum Gasteiger partial charge on any atom is -0.373 e. The zero-order valence-electron chi connectivity index (χ0n) is 7.42. The number of nitrogens with zero attached hydrogens (tertiary/aromatic N) is 1.